The summed E-state index contributed by atoms with van der Waals surface area (Å²) in [5.74, 6) is -0.122. The average molecular weight is 388 g/mol. The van der Waals surface area contributed by atoms with Crippen molar-refractivity contribution < 1.29 is 4.79 Å². The molecule has 0 fully saturated rings. The van der Waals surface area contributed by atoms with Crippen LogP contribution >= 0.6 is 11.3 Å². The quantitative estimate of drug-likeness (QED) is 0.475. The van der Waals surface area contributed by atoms with Crippen LogP contribution in [0.15, 0.2) is 66.9 Å². The number of carbonyl (C=O) groups excluding carboxylic acids is 1. The number of hydrogen-bond donors (Lipinski definition) is 1. The molecule has 0 saturated heterocycles. The molecule has 2 aromatic heterocycles. The summed E-state index contributed by atoms with van der Waals surface area (Å²) in [6.45, 7) is 6.47. The van der Waals surface area contributed by atoms with E-state index >= 15 is 0 Å². The van der Waals surface area contributed by atoms with E-state index in [-0.39, 0.29) is 11.3 Å². The molecule has 0 saturated carbocycles. The van der Waals surface area contributed by atoms with Crippen LogP contribution in [0.25, 0.3) is 20.9 Å². The van der Waals surface area contributed by atoms with E-state index in [1.807, 2.05) is 60.7 Å². The van der Waals surface area contributed by atoms with Crippen LogP contribution in [0.3, 0.4) is 0 Å². The highest BCUT2D eigenvalue weighted by Crippen LogP contribution is 2.30. The minimum Gasteiger partial charge on any atom is -0.322 e. The lowest BCUT2D eigenvalue weighted by Crippen LogP contribution is -2.14. The fourth-order valence-electron chi connectivity index (χ4n) is 2.95. The first-order chi connectivity index (χ1) is 13.4. The Hall–Kier alpha value is -3.05. The van der Waals surface area contributed by atoms with Crippen LogP contribution in [-0.4, -0.2) is 15.9 Å². The van der Waals surface area contributed by atoms with E-state index in [1.165, 1.54) is 5.56 Å². The maximum absolute atomic E-state index is 12.6. The van der Waals surface area contributed by atoms with Crippen molar-refractivity contribution in [3.05, 3.63) is 78.0 Å². The number of pyridine rings is 1. The number of anilines is 1. The normalized spacial score (nSPS) is 11.5. The Morgan fingerprint density at radius 1 is 1.00 bits per heavy atom. The number of benzene rings is 2. The van der Waals surface area contributed by atoms with Crippen molar-refractivity contribution in [2.24, 2.45) is 0 Å². The van der Waals surface area contributed by atoms with Crippen molar-refractivity contribution in [1.29, 1.82) is 0 Å². The largest absolute Gasteiger partial charge is 0.322 e. The molecular formula is C23H21N3OS. The molecule has 2 heterocycles. The van der Waals surface area contributed by atoms with Gasteiger partial charge in [-0.3, -0.25) is 4.79 Å². The molecular weight excluding hydrogens is 366 g/mol. The molecule has 0 unspecified atom stereocenters. The number of fused-ring (bicyclic) bond motifs is 1. The third-order valence-electron chi connectivity index (χ3n) is 4.55. The first-order valence-corrected chi connectivity index (χ1v) is 9.96. The maximum atomic E-state index is 12.6. The molecule has 0 aliphatic rings. The number of nitrogens with one attached hydrogen (secondary N) is 1. The predicted octanol–water partition coefficient (Wildman–Crippen LogP) is 5.91. The zero-order valence-corrected chi connectivity index (χ0v) is 16.9. The highest BCUT2D eigenvalue weighted by Gasteiger charge is 2.15. The second-order valence-electron chi connectivity index (χ2n) is 7.71. The van der Waals surface area contributed by atoms with Crippen molar-refractivity contribution in [3.63, 3.8) is 0 Å². The molecule has 28 heavy (non-hydrogen) atoms. The van der Waals surface area contributed by atoms with E-state index in [0.29, 0.717) is 5.56 Å². The van der Waals surface area contributed by atoms with E-state index in [4.69, 9.17) is 0 Å². The molecule has 0 atom stereocenters. The molecule has 1 amide bonds. The highest BCUT2D eigenvalue weighted by molar-refractivity contribution is 7.21. The van der Waals surface area contributed by atoms with Crippen LogP contribution in [-0.2, 0) is 5.41 Å². The Labute approximate surface area is 168 Å². The summed E-state index contributed by atoms with van der Waals surface area (Å²) >= 11 is 1.54. The summed E-state index contributed by atoms with van der Waals surface area (Å²) in [6.07, 6.45) is 1.77. The van der Waals surface area contributed by atoms with Gasteiger partial charge in [0.25, 0.3) is 5.91 Å². The fourth-order valence-corrected chi connectivity index (χ4v) is 3.85. The van der Waals surface area contributed by atoms with Gasteiger partial charge in [-0.05, 0) is 47.4 Å². The Morgan fingerprint density at radius 3 is 2.50 bits per heavy atom. The van der Waals surface area contributed by atoms with Gasteiger partial charge in [-0.15, -0.1) is 0 Å². The number of thiazole rings is 1. The van der Waals surface area contributed by atoms with Crippen molar-refractivity contribution in [3.8, 4) is 10.6 Å². The molecule has 4 aromatic rings. The topological polar surface area (TPSA) is 54.9 Å². The van der Waals surface area contributed by atoms with E-state index < -0.39 is 0 Å². The SMILES string of the molecule is CC(C)(C)c1ccc(C(=O)Nc2cccc(-c3nc4cccnc4s3)c2)cc1. The number of rotatable bonds is 3. The van der Waals surface area contributed by atoms with Crippen molar-refractivity contribution in [2.75, 3.05) is 5.32 Å². The van der Waals surface area contributed by atoms with Gasteiger partial charge in [-0.1, -0.05) is 56.4 Å². The number of carbonyl (C=O) groups is 1. The minimum absolute atomic E-state index is 0.0649. The van der Waals surface area contributed by atoms with Crippen LogP contribution in [0.4, 0.5) is 5.69 Å². The first-order valence-electron chi connectivity index (χ1n) is 9.14. The number of nitrogens with zero attached hydrogens (tertiary/aromatic N) is 2. The molecule has 0 radical (unpaired) electrons. The fraction of sp³-hybridized carbons (Fsp3) is 0.174. The maximum Gasteiger partial charge on any atom is 0.255 e. The Balaban J connectivity index is 1.55. The van der Waals surface area contributed by atoms with Crippen molar-refractivity contribution in [2.45, 2.75) is 26.2 Å². The summed E-state index contributed by atoms with van der Waals surface area (Å²) < 4.78 is 0. The van der Waals surface area contributed by atoms with E-state index in [2.05, 4.69) is 36.1 Å². The second-order valence-corrected chi connectivity index (χ2v) is 8.69. The summed E-state index contributed by atoms with van der Waals surface area (Å²) in [5.41, 5.74) is 4.50. The number of hydrogen-bond acceptors (Lipinski definition) is 4. The highest BCUT2D eigenvalue weighted by atomic mass is 32.1. The molecule has 4 nitrogen and oxygen atoms in total. The third kappa shape index (κ3) is 3.80. The molecule has 5 heteroatoms. The molecule has 0 aliphatic carbocycles. The monoisotopic (exact) mass is 387 g/mol. The van der Waals surface area contributed by atoms with Gasteiger partial charge in [0.05, 0.1) is 0 Å². The van der Waals surface area contributed by atoms with Gasteiger partial charge < -0.3 is 5.32 Å². The Bertz CT molecular complexity index is 1110. The standard InChI is InChI=1S/C23H21N3OS/c1-23(2,3)17-11-9-15(10-12-17)20(27)25-18-7-4-6-16(14-18)21-26-19-8-5-13-24-22(19)28-21/h4-14H,1-3H3,(H,25,27). The van der Waals surface area contributed by atoms with Gasteiger partial charge in [-0.25, -0.2) is 9.97 Å². The molecule has 2 aromatic carbocycles. The summed E-state index contributed by atoms with van der Waals surface area (Å²) in [5, 5.41) is 3.87. The summed E-state index contributed by atoms with van der Waals surface area (Å²) in [7, 11) is 0. The third-order valence-corrected chi connectivity index (χ3v) is 5.58. The van der Waals surface area contributed by atoms with Crippen molar-refractivity contribution in [1.82, 2.24) is 9.97 Å². The minimum atomic E-state index is -0.122. The van der Waals surface area contributed by atoms with Gasteiger partial charge >= 0.3 is 0 Å². The van der Waals surface area contributed by atoms with Crippen LogP contribution in [0, 0.1) is 0 Å². The zero-order chi connectivity index (χ0) is 19.7. The lowest BCUT2D eigenvalue weighted by molar-refractivity contribution is 0.102. The molecule has 0 aliphatic heterocycles. The van der Waals surface area contributed by atoms with Crippen LogP contribution in [0.2, 0.25) is 0 Å². The van der Waals surface area contributed by atoms with Gasteiger partial charge in [0.2, 0.25) is 0 Å². The molecule has 0 bridgehead atoms. The first kappa shape index (κ1) is 18.3. The zero-order valence-electron chi connectivity index (χ0n) is 16.1. The van der Waals surface area contributed by atoms with E-state index in [9.17, 15) is 4.79 Å². The second kappa shape index (κ2) is 7.17. The summed E-state index contributed by atoms with van der Waals surface area (Å²) in [6, 6.07) is 19.4. The number of amides is 1. The number of aromatic nitrogens is 2. The molecule has 1 N–H and O–H groups in total. The molecule has 0 spiro atoms. The molecule has 4 rings (SSSR count). The van der Waals surface area contributed by atoms with E-state index in [0.717, 1.165) is 26.6 Å². The van der Waals surface area contributed by atoms with Gasteiger partial charge in [0.15, 0.2) is 0 Å². The lowest BCUT2D eigenvalue weighted by atomic mass is 9.87. The van der Waals surface area contributed by atoms with Crippen LogP contribution in [0.5, 0.6) is 0 Å². The van der Waals surface area contributed by atoms with Crippen LogP contribution < -0.4 is 5.32 Å². The van der Waals surface area contributed by atoms with Crippen LogP contribution in [0.1, 0.15) is 36.7 Å². The smallest absolute Gasteiger partial charge is 0.255 e. The summed E-state index contributed by atoms with van der Waals surface area (Å²) in [4.78, 5) is 22.5. The van der Waals surface area contributed by atoms with Gasteiger partial charge in [0.1, 0.15) is 15.4 Å². The Kier molecular flexibility index (Phi) is 4.69. The lowest BCUT2D eigenvalue weighted by Gasteiger charge is -2.19. The van der Waals surface area contributed by atoms with Gasteiger partial charge in [0, 0.05) is 23.0 Å². The van der Waals surface area contributed by atoms with Gasteiger partial charge in [-0.2, -0.15) is 0 Å². The molecule has 140 valence electrons. The van der Waals surface area contributed by atoms with Crippen molar-refractivity contribution >= 4 is 33.3 Å². The Morgan fingerprint density at radius 2 is 1.79 bits per heavy atom. The average Bonchev–Trinajstić information content (AvgIpc) is 3.12. The van der Waals surface area contributed by atoms with E-state index in [1.54, 1.807) is 17.5 Å². The predicted molar refractivity (Wildman–Crippen MR) is 116 cm³/mol.